The lowest BCUT2D eigenvalue weighted by Gasteiger charge is -2.10. The van der Waals surface area contributed by atoms with Crippen LogP contribution in [0.4, 0.5) is 10.1 Å². The van der Waals surface area contributed by atoms with Crippen LogP contribution >= 0.6 is 0 Å². The number of nitriles is 1. The lowest BCUT2D eigenvalue weighted by molar-refractivity contribution is 0.304. The highest BCUT2D eigenvalue weighted by molar-refractivity contribution is 5.53. The van der Waals surface area contributed by atoms with Gasteiger partial charge in [0.05, 0.1) is 5.56 Å². The van der Waals surface area contributed by atoms with Crippen LogP contribution in [0.1, 0.15) is 16.7 Å². The molecule has 0 spiro atoms. The summed E-state index contributed by atoms with van der Waals surface area (Å²) >= 11 is 0. The van der Waals surface area contributed by atoms with Gasteiger partial charge in [0.1, 0.15) is 24.2 Å². The molecule has 2 aromatic carbocycles. The van der Waals surface area contributed by atoms with Gasteiger partial charge in [0.25, 0.3) is 0 Å². The van der Waals surface area contributed by atoms with E-state index in [1.807, 2.05) is 19.1 Å². The summed E-state index contributed by atoms with van der Waals surface area (Å²) in [6, 6.07) is 11.6. The number of nitrogen functional groups attached to an aromatic ring is 1. The van der Waals surface area contributed by atoms with Crippen molar-refractivity contribution in [2.45, 2.75) is 13.5 Å². The molecule has 2 aromatic rings. The van der Waals surface area contributed by atoms with Crippen molar-refractivity contribution in [3.8, 4) is 11.8 Å². The Morgan fingerprint density at radius 3 is 2.84 bits per heavy atom. The molecule has 0 heterocycles. The van der Waals surface area contributed by atoms with E-state index in [0.29, 0.717) is 11.4 Å². The van der Waals surface area contributed by atoms with Gasteiger partial charge in [0.15, 0.2) is 0 Å². The lowest BCUT2D eigenvalue weighted by atomic mass is 10.1. The highest BCUT2D eigenvalue weighted by atomic mass is 19.1. The monoisotopic (exact) mass is 256 g/mol. The Kier molecular flexibility index (Phi) is 3.67. The quantitative estimate of drug-likeness (QED) is 0.858. The smallest absolute Gasteiger partial charge is 0.140 e. The van der Waals surface area contributed by atoms with Crippen LogP contribution in [0.2, 0.25) is 0 Å². The SMILES string of the molecule is Cc1c(N)cccc1OCc1ccc(F)c(C#N)c1. The van der Waals surface area contributed by atoms with Gasteiger partial charge in [-0.1, -0.05) is 12.1 Å². The van der Waals surface area contributed by atoms with Gasteiger partial charge in [-0.25, -0.2) is 4.39 Å². The van der Waals surface area contributed by atoms with Gasteiger partial charge in [-0.3, -0.25) is 0 Å². The molecule has 0 bridgehead atoms. The van der Waals surface area contributed by atoms with Crippen LogP contribution in [0.25, 0.3) is 0 Å². The van der Waals surface area contributed by atoms with Gasteiger partial charge in [0, 0.05) is 11.3 Å². The molecule has 3 nitrogen and oxygen atoms in total. The number of hydrogen-bond acceptors (Lipinski definition) is 3. The van der Waals surface area contributed by atoms with Gasteiger partial charge in [0.2, 0.25) is 0 Å². The van der Waals surface area contributed by atoms with Crippen LogP contribution < -0.4 is 10.5 Å². The standard InChI is InChI=1S/C15H13FN2O/c1-10-14(18)3-2-4-15(10)19-9-11-5-6-13(16)12(7-11)8-17/h2-7H,9,18H2,1H3. The summed E-state index contributed by atoms with van der Waals surface area (Å²) in [7, 11) is 0. The normalized spacial score (nSPS) is 9.95. The predicted octanol–water partition coefficient (Wildman–Crippen LogP) is 3.17. The molecular weight excluding hydrogens is 243 g/mol. The fourth-order valence-corrected chi connectivity index (χ4v) is 1.70. The van der Waals surface area contributed by atoms with Crippen molar-refractivity contribution in [2.24, 2.45) is 0 Å². The summed E-state index contributed by atoms with van der Waals surface area (Å²) < 4.78 is 18.8. The molecule has 0 aliphatic rings. The van der Waals surface area contributed by atoms with Crippen LogP contribution in [0.5, 0.6) is 5.75 Å². The highest BCUT2D eigenvalue weighted by Crippen LogP contribution is 2.24. The first-order valence-corrected chi connectivity index (χ1v) is 5.78. The molecule has 0 aromatic heterocycles. The third-order valence-corrected chi connectivity index (χ3v) is 2.87. The topological polar surface area (TPSA) is 59.0 Å². The van der Waals surface area contributed by atoms with Crippen LogP contribution in [0.3, 0.4) is 0 Å². The molecule has 0 aliphatic carbocycles. The maximum Gasteiger partial charge on any atom is 0.140 e. The van der Waals surface area contributed by atoms with E-state index in [0.717, 1.165) is 11.1 Å². The predicted molar refractivity (Wildman–Crippen MR) is 71.0 cm³/mol. The highest BCUT2D eigenvalue weighted by Gasteiger charge is 2.05. The van der Waals surface area contributed by atoms with Crippen molar-refractivity contribution >= 4 is 5.69 Å². The number of nitrogens with two attached hydrogens (primary N) is 1. The molecule has 0 fully saturated rings. The van der Waals surface area contributed by atoms with E-state index in [-0.39, 0.29) is 12.2 Å². The summed E-state index contributed by atoms with van der Waals surface area (Å²) in [5, 5.41) is 8.76. The second kappa shape index (κ2) is 5.40. The Bertz CT molecular complexity index is 647. The molecule has 0 radical (unpaired) electrons. The first kappa shape index (κ1) is 12.9. The lowest BCUT2D eigenvalue weighted by Crippen LogP contribution is -2.00. The minimum Gasteiger partial charge on any atom is -0.489 e. The summed E-state index contributed by atoms with van der Waals surface area (Å²) in [6.07, 6.45) is 0. The van der Waals surface area contributed by atoms with E-state index in [4.69, 9.17) is 15.7 Å². The van der Waals surface area contributed by atoms with Crippen molar-refractivity contribution in [3.05, 3.63) is 58.9 Å². The van der Waals surface area contributed by atoms with Crippen LogP contribution in [0, 0.1) is 24.1 Å². The van der Waals surface area contributed by atoms with Crippen LogP contribution in [-0.4, -0.2) is 0 Å². The molecule has 0 atom stereocenters. The van der Waals surface area contributed by atoms with Crippen molar-refractivity contribution in [1.29, 1.82) is 5.26 Å². The molecule has 0 unspecified atom stereocenters. The summed E-state index contributed by atoms with van der Waals surface area (Å²) in [5.74, 6) is 0.161. The van der Waals surface area contributed by atoms with E-state index in [9.17, 15) is 4.39 Å². The van der Waals surface area contributed by atoms with Gasteiger partial charge in [-0.15, -0.1) is 0 Å². The Morgan fingerprint density at radius 1 is 1.32 bits per heavy atom. The molecule has 96 valence electrons. The van der Waals surface area contributed by atoms with E-state index < -0.39 is 5.82 Å². The minimum absolute atomic E-state index is 0.0189. The van der Waals surface area contributed by atoms with E-state index >= 15 is 0 Å². The number of ether oxygens (including phenoxy) is 1. The molecule has 0 aliphatic heterocycles. The van der Waals surface area contributed by atoms with Gasteiger partial charge < -0.3 is 10.5 Å². The summed E-state index contributed by atoms with van der Waals surface area (Å²) in [4.78, 5) is 0. The first-order chi connectivity index (χ1) is 9.11. The second-order valence-electron chi connectivity index (χ2n) is 4.19. The molecule has 0 saturated carbocycles. The van der Waals surface area contributed by atoms with Gasteiger partial charge >= 0.3 is 0 Å². The van der Waals surface area contributed by atoms with Crippen molar-refractivity contribution < 1.29 is 9.13 Å². The maximum atomic E-state index is 13.2. The molecule has 0 amide bonds. The Hall–Kier alpha value is -2.54. The minimum atomic E-state index is -0.522. The van der Waals surface area contributed by atoms with Crippen molar-refractivity contribution in [1.82, 2.24) is 0 Å². The van der Waals surface area contributed by atoms with Gasteiger partial charge in [-0.2, -0.15) is 5.26 Å². The van der Waals surface area contributed by atoms with E-state index in [1.165, 1.54) is 12.1 Å². The molecule has 0 saturated heterocycles. The number of nitrogens with zero attached hydrogens (tertiary/aromatic N) is 1. The third kappa shape index (κ3) is 2.83. The number of halogens is 1. The third-order valence-electron chi connectivity index (χ3n) is 2.87. The molecular formula is C15H13FN2O. The average molecular weight is 256 g/mol. The maximum absolute atomic E-state index is 13.2. The van der Waals surface area contributed by atoms with Crippen molar-refractivity contribution in [2.75, 3.05) is 5.73 Å². The first-order valence-electron chi connectivity index (χ1n) is 5.78. The average Bonchev–Trinajstić information content (AvgIpc) is 2.42. The van der Waals surface area contributed by atoms with Crippen LogP contribution in [-0.2, 0) is 6.61 Å². The Morgan fingerprint density at radius 2 is 2.11 bits per heavy atom. The largest absolute Gasteiger partial charge is 0.489 e. The number of rotatable bonds is 3. The number of anilines is 1. The zero-order valence-electron chi connectivity index (χ0n) is 10.5. The molecule has 19 heavy (non-hydrogen) atoms. The second-order valence-corrected chi connectivity index (χ2v) is 4.19. The molecule has 2 rings (SSSR count). The van der Waals surface area contributed by atoms with Crippen molar-refractivity contribution in [3.63, 3.8) is 0 Å². The fraction of sp³-hybridized carbons (Fsp3) is 0.133. The summed E-state index contributed by atoms with van der Waals surface area (Å²) in [5.41, 5.74) is 8.06. The zero-order chi connectivity index (χ0) is 13.8. The fourth-order valence-electron chi connectivity index (χ4n) is 1.70. The van der Waals surface area contributed by atoms with E-state index in [2.05, 4.69) is 0 Å². The number of benzene rings is 2. The Labute approximate surface area is 111 Å². The zero-order valence-corrected chi connectivity index (χ0v) is 10.5. The summed E-state index contributed by atoms with van der Waals surface area (Å²) in [6.45, 7) is 2.13. The van der Waals surface area contributed by atoms with Crippen LogP contribution in [0.15, 0.2) is 36.4 Å². The van der Waals surface area contributed by atoms with Gasteiger partial charge in [-0.05, 0) is 36.8 Å². The molecule has 4 heteroatoms. The van der Waals surface area contributed by atoms with E-state index in [1.54, 1.807) is 18.2 Å². The number of hydrogen-bond donors (Lipinski definition) is 1. The molecule has 2 N–H and O–H groups in total. The Balaban J connectivity index is 2.15.